The second kappa shape index (κ2) is 8.10. The molecule has 0 spiro atoms. The molecule has 21 heavy (non-hydrogen) atoms. The van der Waals surface area contributed by atoms with E-state index in [1.165, 1.54) is 0 Å². The van der Waals surface area contributed by atoms with Crippen molar-refractivity contribution in [2.75, 3.05) is 20.3 Å². The number of rotatable bonds is 6. The highest BCUT2D eigenvalue weighted by Crippen LogP contribution is 2.25. The second-order valence-corrected chi connectivity index (χ2v) is 5.63. The SMILES string of the molecule is COCCN(Cc1ccccn1)C(=O)C1CCCCC1N. The summed E-state index contributed by atoms with van der Waals surface area (Å²) in [6, 6.07) is 5.74. The predicted molar refractivity (Wildman–Crippen MR) is 81.5 cm³/mol. The molecule has 1 aromatic rings. The minimum absolute atomic E-state index is 0.0139. The summed E-state index contributed by atoms with van der Waals surface area (Å²) < 4.78 is 5.13. The van der Waals surface area contributed by atoms with Gasteiger partial charge in [0.1, 0.15) is 0 Å². The molecular formula is C16H25N3O2. The normalized spacial score (nSPS) is 22.0. The predicted octanol–water partition coefficient (Wildman–Crippen LogP) is 1.57. The van der Waals surface area contributed by atoms with Crippen molar-refractivity contribution in [3.63, 3.8) is 0 Å². The van der Waals surface area contributed by atoms with Crippen molar-refractivity contribution >= 4 is 5.91 Å². The van der Waals surface area contributed by atoms with Crippen molar-refractivity contribution in [3.05, 3.63) is 30.1 Å². The smallest absolute Gasteiger partial charge is 0.227 e. The summed E-state index contributed by atoms with van der Waals surface area (Å²) in [5.41, 5.74) is 7.04. The molecule has 1 heterocycles. The number of hydrogen-bond acceptors (Lipinski definition) is 4. The van der Waals surface area contributed by atoms with Crippen LogP contribution in [0.25, 0.3) is 0 Å². The van der Waals surface area contributed by atoms with E-state index in [2.05, 4.69) is 4.98 Å². The summed E-state index contributed by atoms with van der Waals surface area (Å²) >= 11 is 0. The van der Waals surface area contributed by atoms with Gasteiger partial charge in [0.25, 0.3) is 0 Å². The first kappa shape index (κ1) is 15.9. The maximum absolute atomic E-state index is 12.8. The molecule has 2 N–H and O–H groups in total. The third kappa shape index (κ3) is 4.51. The van der Waals surface area contributed by atoms with E-state index in [9.17, 15) is 4.79 Å². The first-order valence-corrected chi connectivity index (χ1v) is 7.65. The lowest BCUT2D eigenvalue weighted by Crippen LogP contribution is -2.46. The van der Waals surface area contributed by atoms with Crippen molar-refractivity contribution in [1.82, 2.24) is 9.88 Å². The van der Waals surface area contributed by atoms with Gasteiger partial charge in [-0.3, -0.25) is 9.78 Å². The standard InChI is InChI=1S/C16H25N3O2/c1-21-11-10-19(12-13-6-4-5-9-18-13)16(20)14-7-2-3-8-15(14)17/h4-6,9,14-15H,2-3,7-8,10-12,17H2,1H3. The zero-order chi connectivity index (χ0) is 15.1. The van der Waals surface area contributed by atoms with Crippen molar-refractivity contribution in [1.29, 1.82) is 0 Å². The lowest BCUT2D eigenvalue weighted by molar-refractivity contribution is -0.138. The summed E-state index contributed by atoms with van der Waals surface area (Å²) in [5, 5.41) is 0. The lowest BCUT2D eigenvalue weighted by Gasteiger charge is -2.32. The number of hydrogen-bond donors (Lipinski definition) is 1. The number of ether oxygens (including phenoxy) is 1. The molecule has 1 amide bonds. The molecule has 0 bridgehead atoms. The van der Waals surface area contributed by atoms with Gasteiger partial charge >= 0.3 is 0 Å². The Morgan fingerprint density at radius 3 is 2.90 bits per heavy atom. The quantitative estimate of drug-likeness (QED) is 0.864. The molecule has 2 unspecified atom stereocenters. The molecular weight excluding hydrogens is 266 g/mol. The van der Waals surface area contributed by atoms with Gasteiger partial charge in [-0.25, -0.2) is 0 Å². The first-order chi connectivity index (χ1) is 10.2. The molecule has 1 fully saturated rings. The summed E-state index contributed by atoms with van der Waals surface area (Å²) in [6.07, 6.45) is 5.81. The summed E-state index contributed by atoms with van der Waals surface area (Å²) in [7, 11) is 1.65. The van der Waals surface area contributed by atoms with Crippen LogP contribution in [-0.4, -0.2) is 42.1 Å². The number of carbonyl (C=O) groups excluding carboxylic acids is 1. The highest BCUT2D eigenvalue weighted by atomic mass is 16.5. The number of pyridine rings is 1. The van der Waals surface area contributed by atoms with E-state index in [0.29, 0.717) is 19.7 Å². The van der Waals surface area contributed by atoms with Crippen LogP contribution < -0.4 is 5.73 Å². The van der Waals surface area contributed by atoms with E-state index in [-0.39, 0.29) is 17.9 Å². The number of nitrogens with zero attached hydrogens (tertiary/aromatic N) is 2. The van der Waals surface area contributed by atoms with E-state index >= 15 is 0 Å². The number of amides is 1. The third-order valence-corrected chi connectivity index (χ3v) is 4.09. The molecule has 2 atom stereocenters. The Morgan fingerprint density at radius 1 is 1.43 bits per heavy atom. The Morgan fingerprint density at radius 2 is 2.24 bits per heavy atom. The second-order valence-electron chi connectivity index (χ2n) is 5.63. The largest absolute Gasteiger partial charge is 0.383 e. The fraction of sp³-hybridized carbons (Fsp3) is 0.625. The van der Waals surface area contributed by atoms with Crippen LogP contribution in [-0.2, 0) is 16.1 Å². The Bertz CT molecular complexity index is 438. The molecule has 1 aromatic heterocycles. The maximum Gasteiger partial charge on any atom is 0.227 e. The molecule has 5 heteroatoms. The topological polar surface area (TPSA) is 68.5 Å². The van der Waals surface area contributed by atoms with Gasteiger partial charge in [-0.2, -0.15) is 0 Å². The summed E-state index contributed by atoms with van der Waals surface area (Å²) in [4.78, 5) is 18.9. The average Bonchev–Trinajstić information content (AvgIpc) is 2.52. The van der Waals surface area contributed by atoms with Crippen LogP contribution >= 0.6 is 0 Å². The minimum Gasteiger partial charge on any atom is -0.383 e. The van der Waals surface area contributed by atoms with E-state index in [0.717, 1.165) is 31.4 Å². The Labute approximate surface area is 126 Å². The highest BCUT2D eigenvalue weighted by molar-refractivity contribution is 5.79. The molecule has 1 aliphatic rings. The summed E-state index contributed by atoms with van der Waals surface area (Å²) in [6.45, 7) is 1.63. The van der Waals surface area contributed by atoms with Gasteiger partial charge in [-0.1, -0.05) is 18.9 Å². The van der Waals surface area contributed by atoms with Crippen LogP contribution in [0.5, 0.6) is 0 Å². The number of nitrogens with two attached hydrogens (primary N) is 1. The Balaban J connectivity index is 2.05. The van der Waals surface area contributed by atoms with Gasteiger partial charge in [0.2, 0.25) is 5.91 Å². The first-order valence-electron chi connectivity index (χ1n) is 7.65. The molecule has 1 saturated carbocycles. The highest BCUT2D eigenvalue weighted by Gasteiger charge is 2.31. The number of aromatic nitrogens is 1. The molecule has 0 saturated heterocycles. The van der Waals surface area contributed by atoms with Crippen LogP contribution in [0.2, 0.25) is 0 Å². The molecule has 5 nitrogen and oxygen atoms in total. The monoisotopic (exact) mass is 291 g/mol. The van der Waals surface area contributed by atoms with Crippen LogP contribution in [0, 0.1) is 5.92 Å². The fourth-order valence-corrected chi connectivity index (χ4v) is 2.86. The van der Waals surface area contributed by atoms with Gasteiger partial charge in [0, 0.05) is 25.9 Å². The third-order valence-electron chi connectivity index (χ3n) is 4.09. The van der Waals surface area contributed by atoms with E-state index < -0.39 is 0 Å². The molecule has 1 aliphatic carbocycles. The van der Waals surface area contributed by atoms with Crippen molar-refractivity contribution in [2.24, 2.45) is 11.7 Å². The molecule has 116 valence electrons. The summed E-state index contributed by atoms with van der Waals surface area (Å²) in [5.74, 6) is 0.0872. The van der Waals surface area contributed by atoms with Gasteiger partial charge < -0.3 is 15.4 Å². The van der Waals surface area contributed by atoms with Crippen molar-refractivity contribution < 1.29 is 9.53 Å². The van der Waals surface area contributed by atoms with Gasteiger partial charge in [0.05, 0.1) is 24.8 Å². The van der Waals surface area contributed by atoms with Gasteiger partial charge in [-0.05, 0) is 25.0 Å². The Kier molecular flexibility index (Phi) is 6.14. The Hall–Kier alpha value is -1.46. The number of carbonyl (C=O) groups is 1. The van der Waals surface area contributed by atoms with E-state index in [1.54, 1.807) is 13.3 Å². The maximum atomic E-state index is 12.8. The van der Waals surface area contributed by atoms with Crippen LogP contribution in [0.3, 0.4) is 0 Å². The lowest BCUT2D eigenvalue weighted by atomic mass is 9.84. The molecule has 0 aliphatic heterocycles. The van der Waals surface area contributed by atoms with E-state index in [1.807, 2.05) is 23.1 Å². The minimum atomic E-state index is -0.0562. The molecule has 0 radical (unpaired) electrons. The van der Waals surface area contributed by atoms with Crippen molar-refractivity contribution in [3.8, 4) is 0 Å². The fourth-order valence-electron chi connectivity index (χ4n) is 2.86. The van der Waals surface area contributed by atoms with Crippen LogP contribution in [0.1, 0.15) is 31.4 Å². The van der Waals surface area contributed by atoms with E-state index in [4.69, 9.17) is 10.5 Å². The zero-order valence-corrected chi connectivity index (χ0v) is 12.7. The van der Waals surface area contributed by atoms with Crippen molar-refractivity contribution in [2.45, 2.75) is 38.3 Å². The zero-order valence-electron chi connectivity index (χ0n) is 12.7. The average molecular weight is 291 g/mol. The van der Waals surface area contributed by atoms with Crippen LogP contribution in [0.15, 0.2) is 24.4 Å². The van der Waals surface area contributed by atoms with Gasteiger partial charge in [-0.15, -0.1) is 0 Å². The molecule has 2 rings (SSSR count). The molecule has 0 aromatic carbocycles. The number of methoxy groups -OCH3 is 1. The van der Waals surface area contributed by atoms with Gasteiger partial charge in [0.15, 0.2) is 0 Å². The van der Waals surface area contributed by atoms with Crippen LogP contribution in [0.4, 0.5) is 0 Å².